The van der Waals surface area contributed by atoms with Gasteiger partial charge in [0.15, 0.2) is 0 Å². The SMILES string of the molecule is CCOCc1ccccc1CNC(=O)C[C@](O)(c1nc(C)cs1)C(F)(F)F. The Hall–Kier alpha value is -1.97. The Bertz CT molecular complexity index is 779. The molecule has 0 bridgehead atoms. The lowest BCUT2D eigenvalue weighted by Crippen LogP contribution is -2.46. The number of carbonyl (C=O) groups is 1. The van der Waals surface area contributed by atoms with Crippen LogP contribution in [-0.4, -0.2) is 28.8 Å². The third-order valence-electron chi connectivity index (χ3n) is 3.91. The molecule has 5 nitrogen and oxygen atoms in total. The standard InChI is InChI=1S/C18H21F3N2O3S/c1-3-26-10-14-7-5-4-6-13(14)9-22-15(24)8-17(25,18(19,20)21)16-23-12(2)11-27-16/h4-7,11,25H,3,8-10H2,1-2H3,(H,22,24)/t17-/m0/s1. The highest BCUT2D eigenvalue weighted by atomic mass is 32.1. The van der Waals surface area contributed by atoms with Gasteiger partial charge in [-0.25, -0.2) is 4.98 Å². The van der Waals surface area contributed by atoms with Crippen molar-refractivity contribution in [1.29, 1.82) is 0 Å². The maximum absolute atomic E-state index is 13.4. The fourth-order valence-electron chi connectivity index (χ4n) is 2.41. The van der Waals surface area contributed by atoms with Gasteiger partial charge >= 0.3 is 6.18 Å². The number of aromatic nitrogens is 1. The maximum atomic E-state index is 13.4. The van der Waals surface area contributed by atoms with Crippen LogP contribution in [0.25, 0.3) is 0 Å². The van der Waals surface area contributed by atoms with Crippen LogP contribution < -0.4 is 5.32 Å². The molecule has 0 radical (unpaired) electrons. The second kappa shape index (κ2) is 8.81. The molecular formula is C18H21F3N2O3S. The first-order valence-electron chi connectivity index (χ1n) is 8.30. The van der Waals surface area contributed by atoms with E-state index in [0.29, 0.717) is 30.2 Å². The fraction of sp³-hybridized carbons (Fsp3) is 0.444. The summed E-state index contributed by atoms with van der Waals surface area (Å²) in [6.07, 6.45) is -6.18. The van der Waals surface area contributed by atoms with Gasteiger partial charge in [-0.3, -0.25) is 4.79 Å². The van der Waals surface area contributed by atoms with Crippen molar-refractivity contribution in [3.8, 4) is 0 Å². The molecule has 0 spiro atoms. The predicted octanol–water partition coefficient (Wildman–Crippen LogP) is 3.44. The Morgan fingerprint density at radius 2 is 1.96 bits per heavy atom. The molecule has 2 N–H and O–H groups in total. The van der Waals surface area contributed by atoms with E-state index in [-0.39, 0.29) is 6.54 Å². The van der Waals surface area contributed by atoms with Gasteiger partial charge in [-0.05, 0) is 25.0 Å². The Balaban J connectivity index is 2.09. The minimum Gasteiger partial charge on any atom is -0.377 e. The van der Waals surface area contributed by atoms with Crippen molar-refractivity contribution in [3.05, 3.63) is 51.5 Å². The van der Waals surface area contributed by atoms with E-state index in [1.165, 1.54) is 12.3 Å². The molecule has 0 unspecified atom stereocenters. The highest BCUT2D eigenvalue weighted by Gasteiger charge is 2.58. The van der Waals surface area contributed by atoms with Crippen LogP contribution in [0.2, 0.25) is 0 Å². The average Bonchev–Trinajstić information content (AvgIpc) is 3.04. The van der Waals surface area contributed by atoms with Gasteiger partial charge in [-0.1, -0.05) is 24.3 Å². The van der Waals surface area contributed by atoms with Crippen molar-refractivity contribution in [2.45, 2.75) is 45.2 Å². The summed E-state index contributed by atoms with van der Waals surface area (Å²) in [5.74, 6) is -0.922. The summed E-state index contributed by atoms with van der Waals surface area (Å²) in [5.41, 5.74) is -1.40. The van der Waals surface area contributed by atoms with Gasteiger partial charge in [-0.15, -0.1) is 11.3 Å². The molecule has 0 saturated heterocycles. The van der Waals surface area contributed by atoms with Gasteiger partial charge in [-0.2, -0.15) is 13.2 Å². The van der Waals surface area contributed by atoms with Crippen molar-refractivity contribution in [3.63, 3.8) is 0 Å². The summed E-state index contributed by atoms with van der Waals surface area (Å²) in [7, 11) is 0. The van der Waals surface area contributed by atoms with Crippen LogP contribution in [0.15, 0.2) is 29.6 Å². The Morgan fingerprint density at radius 3 is 2.52 bits per heavy atom. The number of alkyl halides is 3. The Labute approximate surface area is 159 Å². The summed E-state index contributed by atoms with van der Waals surface area (Å²) in [4.78, 5) is 15.9. The number of carbonyl (C=O) groups excluding carboxylic acids is 1. The molecule has 2 rings (SSSR count). The van der Waals surface area contributed by atoms with Gasteiger partial charge in [0, 0.05) is 24.2 Å². The molecule has 27 heavy (non-hydrogen) atoms. The molecule has 1 amide bonds. The average molecular weight is 402 g/mol. The zero-order valence-corrected chi connectivity index (χ0v) is 15.8. The van der Waals surface area contributed by atoms with Crippen LogP contribution in [0.4, 0.5) is 13.2 Å². The first kappa shape index (κ1) is 21.3. The summed E-state index contributed by atoms with van der Waals surface area (Å²) in [6.45, 7) is 4.27. The molecule has 0 aliphatic heterocycles. The lowest BCUT2D eigenvalue weighted by atomic mass is 9.99. The normalized spacial score (nSPS) is 14.0. The van der Waals surface area contributed by atoms with Crippen molar-refractivity contribution < 1.29 is 27.8 Å². The van der Waals surface area contributed by atoms with Crippen LogP contribution in [0, 0.1) is 6.92 Å². The van der Waals surface area contributed by atoms with Crippen molar-refractivity contribution in [2.24, 2.45) is 0 Å². The number of halogens is 3. The van der Waals surface area contributed by atoms with Gasteiger partial charge in [0.1, 0.15) is 5.01 Å². The van der Waals surface area contributed by atoms with E-state index >= 15 is 0 Å². The zero-order valence-electron chi connectivity index (χ0n) is 15.0. The van der Waals surface area contributed by atoms with Crippen LogP contribution in [0.1, 0.15) is 35.2 Å². The molecule has 0 aliphatic carbocycles. The molecule has 0 aliphatic rings. The van der Waals surface area contributed by atoms with Crippen LogP contribution >= 0.6 is 11.3 Å². The minimum absolute atomic E-state index is 0.0346. The molecule has 1 atom stereocenters. The number of rotatable bonds is 8. The van der Waals surface area contributed by atoms with E-state index in [2.05, 4.69) is 10.3 Å². The van der Waals surface area contributed by atoms with Gasteiger partial charge in [0.25, 0.3) is 0 Å². The number of benzene rings is 1. The van der Waals surface area contributed by atoms with Gasteiger partial charge in [0.2, 0.25) is 11.5 Å². The van der Waals surface area contributed by atoms with Crippen LogP contribution in [0.3, 0.4) is 0 Å². The van der Waals surface area contributed by atoms with Gasteiger partial charge in [0.05, 0.1) is 13.0 Å². The van der Waals surface area contributed by atoms with E-state index in [1.807, 2.05) is 19.1 Å². The summed E-state index contributed by atoms with van der Waals surface area (Å²) >= 11 is 0.674. The molecule has 9 heteroatoms. The Morgan fingerprint density at radius 1 is 1.30 bits per heavy atom. The number of nitrogens with one attached hydrogen (secondary N) is 1. The first-order chi connectivity index (χ1) is 12.7. The molecule has 0 fully saturated rings. The van der Waals surface area contributed by atoms with Crippen LogP contribution in [0.5, 0.6) is 0 Å². The summed E-state index contributed by atoms with van der Waals surface area (Å²) in [5, 5.41) is 13.5. The van der Waals surface area contributed by atoms with E-state index in [9.17, 15) is 23.1 Å². The summed E-state index contributed by atoms with van der Waals surface area (Å²) < 4.78 is 45.7. The number of nitrogens with zero attached hydrogens (tertiary/aromatic N) is 1. The van der Waals surface area contributed by atoms with E-state index in [0.717, 1.165) is 11.1 Å². The van der Waals surface area contributed by atoms with Crippen molar-refractivity contribution >= 4 is 17.2 Å². The van der Waals surface area contributed by atoms with E-state index in [1.54, 1.807) is 12.1 Å². The third-order valence-corrected chi connectivity index (χ3v) is 5.03. The number of aryl methyl sites for hydroxylation is 1. The summed E-state index contributed by atoms with van der Waals surface area (Å²) in [6, 6.07) is 7.16. The minimum atomic E-state index is -5.03. The predicted molar refractivity (Wildman–Crippen MR) is 95.0 cm³/mol. The topological polar surface area (TPSA) is 71.5 Å². The van der Waals surface area contributed by atoms with Gasteiger partial charge < -0.3 is 15.2 Å². The fourth-order valence-corrected chi connectivity index (χ4v) is 3.33. The van der Waals surface area contributed by atoms with Crippen molar-refractivity contribution in [2.75, 3.05) is 6.61 Å². The second-order valence-corrected chi connectivity index (χ2v) is 6.87. The smallest absolute Gasteiger partial charge is 0.377 e. The molecule has 1 heterocycles. The molecule has 1 aromatic carbocycles. The monoisotopic (exact) mass is 402 g/mol. The number of amides is 1. The number of hydrogen-bond acceptors (Lipinski definition) is 5. The zero-order chi connectivity index (χ0) is 20.1. The molecule has 148 valence electrons. The number of ether oxygens (including phenoxy) is 1. The highest BCUT2D eigenvalue weighted by Crippen LogP contribution is 2.42. The van der Waals surface area contributed by atoms with E-state index < -0.39 is 29.1 Å². The lowest BCUT2D eigenvalue weighted by molar-refractivity contribution is -0.267. The number of thiazole rings is 1. The first-order valence-corrected chi connectivity index (χ1v) is 9.18. The highest BCUT2D eigenvalue weighted by molar-refractivity contribution is 7.09. The van der Waals surface area contributed by atoms with Crippen LogP contribution in [-0.2, 0) is 28.3 Å². The number of aliphatic hydroxyl groups is 1. The third kappa shape index (κ3) is 5.27. The number of hydrogen-bond donors (Lipinski definition) is 2. The largest absolute Gasteiger partial charge is 0.424 e. The Kier molecular flexibility index (Phi) is 6.96. The van der Waals surface area contributed by atoms with E-state index in [4.69, 9.17) is 4.74 Å². The molecule has 1 aromatic heterocycles. The molecule has 2 aromatic rings. The molecular weight excluding hydrogens is 381 g/mol. The van der Waals surface area contributed by atoms with Crippen molar-refractivity contribution in [1.82, 2.24) is 10.3 Å². The second-order valence-electron chi connectivity index (χ2n) is 6.01. The quantitative estimate of drug-likeness (QED) is 0.710. The molecule has 0 saturated carbocycles. The maximum Gasteiger partial charge on any atom is 0.424 e. The lowest BCUT2D eigenvalue weighted by Gasteiger charge is -2.28.